The molecule has 1 unspecified atom stereocenters. The molecule has 0 aromatic heterocycles. The van der Waals surface area contributed by atoms with Crippen LogP contribution in [0.25, 0.3) is 0 Å². The van der Waals surface area contributed by atoms with Gasteiger partial charge in [-0.15, -0.1) is 0 Å². The molecule has 0 spiro atoms. The lowest BCUT2D eigenvalue weighted by molar-refractivity contribution is -0.134. The Balaban J connectivity index is 3.79. The number of ether oxygens (including phenoxy) is 1. The van der Waals surface area contributed by atoms with Crippen LogP contribution in [0, 0.1) is 0 Å². The van der Waals surface area contributed by atoms with Crippen LogP contribution < -0.4 is 5.32 Å². The van der Waals surface area contributed by atoms with E-state index in [0.29, 0.717) is 6.54 Å². The minimum Gasteiger partial charge on any atom is -0.466 e. The Morgan fingerprint density at radius 1 is 1.42 bits per heavy atom. The summed E-state index contributed by atoms with van der Waals surface area (Å²) in [7, 11) is 3.29. The van der Waals surface area contributed by atoms with E-state index in [1.807, 2.05) is 18.9 Å². The summed E-state index contributed by atoms with van der Waals surface area (Å²) in [5.74, 6) is -0.307. The molecule has 0 aromatic carbocycles. The van der Waals surface area contributed by atoms with Crippen molar-refractivity contribution in [3.05, 3.63) is 12.2 Å². The van der Waals surface area contributed by atoms with Crippen LogP contribution in [-0.2, 0) is 14.3 Å². The molecule has 0 aliphatic rings. The maximum absolute atomic E-state index is 11.7. The second kappa shape index (κ2) is 10.6. The van der Waals surface area contributed by atoms with Crippen molar-refractivity contribution in [1.29, 1.82) is 0 Å². The second-order valence-corrected chi connectivity index (χ2v) is 4.71. The van der Waals surface area contributed by atoms with Gasteiger partial charge >= 0.3 is 5.97 Å². The number of amides is 1. The third-order valence-electron chi connectivity index (χ3n) is 2.65. The van der Waals surface area contributed by atoms with Crippen LogP contribution in [0.4, 0.5) is 0 Å². The highest BCUT2D eigenvalue weighted by molar-refractivity contribution is 5.81. The van der Waals surface area contributed by atoms with Crippen molar-refractivity contribution in [3.8, 4) is 0 Å². The summed E-state index contributed by atoms with van der Waals surface area (Å²) in [4.78, 5) is 24.5. The molecule has 5 nitrogen and oxygen atoms in total. The molecule has 0 aliphatic heterocycles. The van der Waals surface area contributed by atoms with Gasteiger partial charge in [-0.1, -0.05) is 13.0 Å². The lowest BCUT2D eigenvalue weighted by Crippen LogP contribution is -2.39. The van der Waals surface area contributed by atoms with Crippen LogP contribution in [0.5, 0.6) is 0 Å². The lowest BCUT2D eigenvalue weighted by Gasteiger charge is -2.18. The van der Waals surface area contributed by atoms with Crippen molar-refractivity contribution in [2.45, 2.75) is 39.2 Å². The number of esters is 1. The first kappa shape index (κ1) is 17.6. The Morgan fingerprint density at radius 2 is 2.11 bits per heavy atom. The Kier molecular flexibility index (Phi) is 9.80. The topological polar surface area (TPSA) is 58.6 Å². The van der Waals surface area contributed by atoms with E-state index in [4.69, 9.17) is 0 Å². The van der Waals surface area contributed by atoms with E-state index in [9.17, 15) is 9.59 Å². The summed E-state index contributed by atoms with van der Waals surface area (Å²) in [6.45, 7) is 5.40. The molecule has 110 valence electrons. The molecular formula is C14H26N2O3. The molecule has 1 atom stereocenters. The molecule has 0 heterocycles. The number of likely N-dealkylation sites (N-methyl/N-ethyl adjacent to an activating group) is 1. The summed E-state index contributed by atoms with van der Waals surface area (Å²) in [6, 6.07) is 0.102. The summed E-state index contributed by atoms with van der Waals surface area (Å²) < 4.78 is 4.49. The standard InChI is InChI=1S/C14H26N2O3/c1-5-10-16(3)11-13(17)15-12(2)8-6-7-9-14(18)19-4/h7,9,12H,5-6,8,10-11H2,1-4H3,(H,15,17)/b9-7+. The van der Waals surface area contributed by atoms with Gasteiger partial charge in [-0.3, -0.25) is 9.69 Å². The zero-order chi connectivity index (χ0) is 14.7. The summed E-state index contributed by atoms with van der Waals surface area (Å²) in [5, 5.41) is 2.94. The first-order chi connectivity index (χ1) is 8.99. The van der Waals surface area contributed by atoms with E-state index < -0.39 is 0 Å². The Hall–Kier alpha value is -1.36. The second-order valence-electron chi connectivity index (χ2n) is 4.71. The van der Waals surface area contributed by atoms with E-state index in [1.54, 1.807) is 6.08 Å². The SMILES string of the molecule is CCCN(C)CC(=O)NC(C)CC/C=C/C(=O)OC. The third-order valence-corrected chi connectivity index (χ3v) is 2.65. The summed E-state index contributed by atoms with van der Waals surface area (Å²) in [6.07, 6.45) is 5.75. The molecule has 0 saturated carbocycles. The number of nitrogens with one attached hydrogen (secondary N) is 1. The monoisotopic (exact) mass is 270 g/mol. The number of carbonyl (C=O) groups excluding carboxylic acids is 2. The number of hydrogen-bond acceptors (Lipinski definition) is 4. The quantitative estimate of drug-likeness (QED) is 0.507. The van der Waals surface area contributed by atoms with Crippen LogP contribution in [0.3, 0.4) is 0 Å². The molecule has 0 fully saturated rings. The fraction of sp³-hybridized carbons (Fsp3) is 0.714. The van der Waals surface area contributed by atoms with E-state index in [2.05, 4.69) is 17.0 Å². The molecule has 0 aromatic rings. The largest absolute Gasteiger partial charge is 0.466 e. The average molecular weight is 270 g/mol. The first-order valence-corrected chi connectivity index (χ1v) is 6.72. The van der Waals surface area contributed by atoms with Gasteiger partial charge in [0.25, 0.3) is 0 Å². The molecule has 0 saturated heterocycles. The van der Waals surface area contributed by atoms with Crippen LogP contribution >= 0.6 is 0 Å². The molecule has 0 aliphatic carbocycles. The predicted molar refractivity (Wildman–Crippen MR) is 75.8 cm³/mol. The van der Waals surface area contributed by atoms with Crippen LogP contribution in [0.2, 0.25) is 0 Å². The Bertz CT molecular complexity index is 303. The van der Waals surface area contributed by atoms with Gasteiger partial charge in [-0.2, -0.15) is 0 Å². The van der Waals surface area contributed by atoms with Crippen LogP contribution in [0.1, 0.15) is 33.1 Å². The van der Waals surface area contributed by atoms with Gasteiger partial charge in [0.05, 0.1) is 13.7 Å². The van der Waals surface area contributed by atoms with Crippen molar-refractivity contribution >= 4 is 11.9 Å². The first-order valence-electron chi connectivity index (χ1n) is 6.72. The highest BCUT2D eigenvalue weighted by Crippen LogP contribution is 1.98. The van der Waals surface area contributed by atoms with Gasteiger partial charge in [0.15, 0.2) is 0 Å². The van der Waals surface area contributed by atoms with Crippen LogP contribution in [0.15, 0.2) is 12.2 Å². The number of hydrogen-bond donors (Lipinski definition) is 1. The number of methoxy groups -OCH3 is 1. The maximum Gasteiger partial charge on any atom is 0.330 e. The number of allylic oxidation sites excluding steroid dienone is 1. The van der Waals surface area contributed by atoms with E-state index in [0.717, 1.165) is 25.8 Å². The van der Waals surface area contributed by atoms with E-state index in [-0.39, 0.29) is 17.9 Å². The van der Waals surface area contributed by atoms with Gasteiger partial charge in [-0.05, 0) is 39.8 Å². The smallest absolute Gasteiger partial charge is 0.330 e. The van der Waals surface area contributed by atoms with Crippen LogP contribution in [-0.4, -0.2) is 50.1 Å². The Morgan fingerprint density at radius 3 is 2.68 bits per heavy atom. The molecule has 19 heavy (non-hydrogen) atoms. The van der Waals surface area contributed by atoms with E-state index in [1.165, 1.54) is 13.2 Å². The van der Waals surface area contributed by atoms with Gasteiger partial charge in [0, 0.05) is 12.1 Å². The maximum atomic E-state index is 11.7. The third kappa shape index (κ3) is 10.3. The highest BCUT2D eigenvalue weighted by atomic mass is 16.5. The summed E-state index contributed by atoms with van der Waals surface area (Å²) >= 11 is 0. The van der Waals surface area contributed by atoms with Crippen molar-refractivity contribution in [3.63, 3.8) is 0 Å². The van der Waals surface area contributed by atoms with Crippen molar-refractivity contribution in [2.24, 2.45) is 0 Å². The minimum absolute atomic E-state index is 0.0420. The zero-order valence-electron chi connectivity index (χ0n) is 12.4. The van der Waals surface area contributed by atoms with Gasteiger partial charge in [0.1, 0.15) is 0 Å². The zero-order valence-corrected chi connectivity index (χ0v) is 12.4. The van der Waals surface area contributed by atoms with Gasteiger partial charge < -0.3 is 10.1 Å². The molecule has 1 amide bonds. The molecule has 0 radical (unpaired) electrons. The molecule has 0 rings (SSSR count). The summed E-state index contributed by atoms with van der Waals surface area (Å²) in [5.41, 5.74) is 0. The molecule has 1 N–H and O–H groups in total. The lowest BCUT2D eigenvalue weighted by atomic mass is 10.1. The number of carbonyl (C=O) groups is 2. The average Bonchev–Trinajstić information content (AvgIpc) is 2.34. The number of nitrogens with zero attached hydrogens (tertiary/aromatic N) is 1. The van der Waals surface area contributed by atoms with Gasteiger partial charge in [0.2, 0.25) is 5.91 Å². The van der Waals surface area contributed by atoms with E-state index >= 15 is 0 Å². The molecular weight excluding hydrogens is 244 g/mol. The Labute approximate surface area is 116 Å². The highest BCUT2D eigenvalue weighted by Gasteiger charge is 2.08. The molecule has 0 bridgehead atoms. The van der Waals surface area contributed by atoms with Crippen molar-refractivity contribution < 1.29 is 14.3 Å². The normalized spacial score (nSPS) is 12.7. The van der Waals surface area contributed by atoms with Gasteiger partial charge in [-0.25, -0.2) is 4.79 Å². The van der Waals surface area contributed by atoms with Crippen molar-refractivity contribution in [2.75, 3.05) is 27.2 Å². The molecule has 5 heteroatoms. The number of rotatable bonds is 9. The fourth-order valence-corrected chi connectivity index (χ4v) is 1.69. The predicted octanol–water partition coefficient (Wildman–Crippen LogP) is 1.34. The minimum atomic E-state index is -0.349. The fourth-order valence-electron chi connectivity index (χ4n) is 1.69. The van der Waals surface area contributed by atoms with Crippen molar-refractivity contribution in [1.82, 2.24) is 10.2 Å².